The van der Waals surface area contributed by atoms with E-state index in [0.717, 1.165) is 25.8 Å². The molecule has 3 atom stereocenters. The lowest BCUT2D eigenvalue weighted by molar-refractivity contribution is -0.129. The molecule has 6 heteroatoms. The summed E-state index contributed by atoms with van der Waals surface area (Å²) in [4.78, 5) is 23.4. The van der Waals surface area contributed by atoms with E-state index < -0.39 is 12.1 Å². The van der Waals surface area contributed by atoms with Gasteiger partial charge in [0.1, 0.15) is 6.04 Å². The minimum Gasteiger partial charge on any atom is -0.343 e. The van der Waals surface area contributed by atoms with Crippen molar-refractivity contribution in [3.05, 3.63) is 0 Å². The molecule has 3 unspecified atom stereocenters. The molecule has 1 fully saturated rings. The number of nitrogens with two attached hydrogens (primary N) is 1. The normalized spacial score (nSPS) is 22.3. The van der Waals surface area contributed by atoms with Gasteiger partial charge >= 0.3 is 0 Å². The minimum absolute atomic E-state index is 0.0961. The molecule has 1 radical (unpaired) electrons. The van der Waals surface area contributed by atoms with Gasteiger partial charge in [0.2, 0.25) is 11.8 Å². The van der Waals surface area contributed by atoms with Gasteiger partial charge in [-0.1, -0.05) is 13.3 Å². The predicted molar refractivity (Wildman–Crippen MR) is 68.7 cm³/mol. The quantitative estimate of drug-likeness (QED) is 0.594. The Hall–Kier alpha value is -1.14. The van der Waals surface area contributed by atoms with Crippen molar-refractivity contribution in [1.82, 2.24) is 16.0 Å². The summed E-state index contributed by atoms with van der Waals surface area (Å²) in [6.45, 7) is 4.42. The third kappa shape index (κ3) is 4.62. The summed E-state index contributed by atoms with van der Waals surface area (Å²) in [7, 11) is 0. The summed E-state index contributed by atoms with van der Waals surface area (Å²) >= 11 is 0. The number of carbonyl (C=O) groups excluding carboxylic acids is 2. The second kappa shape index (κ2) is 7.33. The fourth-order valence-corrected chi connectivity index (χ4v) is 1.86. The maximum atomic E-state index is 11.8. The van der Waals surface area contributed by atoms with Crippen molar-refractivity contribution in [2.75, 3.05) is 6.54 Å². The van der Waals surface area contributed by atoms with Crippen LogP contribution in [0.15, 0.2) is 0 Å². The standard InChI is InChI=1S/C12H23N4O2/c1-3-5-9(13)12(18)15-8(2)11(17)16-10-6-4-7-14-10/h8-10H,3-7,13H2,1-2H3,(H,15,18)(H,16,17). The van der Waals surface area contributed by atoms with Crippen LogP contribution in [0.5, 0.6) is 0 Å². The first-order valence-corrected chi connectivity index (χ1v) is 6.57. The van der Waals surface area contributed by atoms with Gasteiger partial charge in [-0.3, -0.25) is 9.59 Å². The number of rotatable bonds is 6. The number of hydrogen-bond donors (Lipinski definition) is 3. The Balaban J connectivity index is 2.32. The van der Waals surface area contributed by atoms with Gasteiger partial charge in [0.15, 0.2) is 0 Å². The van der Waals surface area contributed by atoms with Gasteiger partial charge in [-0.2, -0.15) is 0 Å². The number of carbonyl (C=O) groups is 2. The zero-order valence-corrected chi connectivity index (χ0v) is 11.1. The maximum absolute atomic E-state index is 11.8. The third-order valence-electron chi connectivity index (χ3n) is 2.98. The lowest BCUT2D eigenvalue weighted by Crippen LogP contribution is -2.52. The van der Waals surface area contributed by atoms with Gasteiger partial charge in [-0.15, -0.1) is 0 Å². The Morgan fingerprint density at radius 3 is 2.72 bits per heavy atom. The molecular formula is C12H23N4O2. The smallest absolute Gasteiger partial charge is 0.243 e. The van der Waals surface area contributed by atoms with E-state index in [-0.39, 0.29) is 18.0 Å². The van der Waals surface area contributed by atoms with Crippen molar-refractivity contribution >= 4 is 11.8 Å². The van der Waals surface area contributed by atoms with Crippen LogP contribution < -0.4 is 21.7 Å². The number of nitrogens with one attached hydrogen (secondary N) is 2. The predicted octanol–water partition coefficient (Wildman–Crippen LogP) is -0.541. The van der Waals surface area contributed by atoms with E-state index in [0.29, 0.717) is 6.42 Å². The van der Waals surface area contributed by atoms with Gasteiger partial charge in [0, 0.05) is 6.54 Å². The molecule has 1 aliphatic heterocycles. The zero-order valence-electron chi connectivity index (χ0n) is 11.1. The Kier molecular flexibility index (Phi) is 6.07. The fourth-order valence-electron chi connectivity index (χ4n) is 1.86. The van der Waals surface area contributed by atoms with Gasteiger partial charge in [0.25, 0.3) is 0 Å². The zero-order chi connectivity index (χ0) is 13.5. The van der Waals surface area contributed by atoms with Crippen molar-refractivity contribution in [1.29, 1.82) is 0 Å². The largest absolute Gasteiger partial charge is 0.343 e. The fraction of sp³-hybridized carbons (Fsp3) is 0.833. The highest BCUT2D eigenvalue weighted by Gasteiger charge is 2.23. The topological polar surface area (TPSA) is 98.3 Å². The molecule has 1 heterocycles. The summed E-state index contributed by atoms with van der Waals surface area (Å²) in [5.41, 5.74) is 5.68. The number of hydrogen-bond acceptors (Lipinski definition) is 3. The lowest BCUT2D eigenvalue weighted by Gasteiger charge is -2.19. The Morgan fingerprint density at radius 1 is 1.44 bits per heavy atom. The third-order valence-corrected chi connectivity index (χ3v) is 2.98. The summed E-state index contributed by atoms with van der Waals surface area (Å²) in [6, 6.07) is -1.11. The molecule has 4 N–H and O–H groups in total. The van der Waals surface area contributed by atoms with E-state index in [2.05, 4.69) is 16.0 Å². The first kappa shape index (κ1) is 14.9. The van der Waals surface area contributed by atoms with Crippen molar-refractivity contribution in [2.45, 2.75) is 57.8 Å². The van der Waals surface area contributed by atoms with E-state index in [1.807, 2.05) is 6.92 Å². The first-order chi connectivity index (χ1) is 8.54. The molecular weight excluding hydrogens is 232 g/mol. The molecule has 18 heavy (non-hydrogen) atoms. The Bertz CT molecular complexity index is 290. The highest BCUT2D eigenvalue weighted by atomic mass is 16.2. The molecule has 2 amide bonds. The van der Waals surface area contributed by atoms with Crippen molar-refractivity contribution in [3.63, 3.8) is 0 Å². The van der Waals surface area contributed by atoms with Gasteiger partial charge in [0.05, 0.1) is 12.2 Å². The molecule has 1 aliphatic rings. The van der Waals surface area contributed by atoms with E-state index in [4.69, 9.17) is 5.73 Å². The molecule has 0 aliphatic carbocycles. The van der Waals surface area contributed by atoms with E-state index in [1.165, 1.54) is 0 Å². The lowest BCUT2D eigenvalue weighted by atomic mass is 10.1. The van der Waals surface area contributed by atoms with Crippen LogP contribution in [0, 0.1) is 0 Å². The molecule has 0 bridgehead atoms. The average Bonchev–Trinajstić information content (AvgIpc) is 2.81. The molecule has 103 valence electrons. The molecule has 1 rings (SSSR count). The van der Waals surface area contributed by atoms with E-state index in [9.17, 15) is 9.59 Å². The van der Waals surface area contributed by atoms with Crippen LogP contribution in [-0.4, -0.2) is 36.6 Å². The molecule has 0 aromatic carbocycles. The second-order valence-corrected chi connectivity index (χ2v) is 4.70. The molecule has 1 saturated heterocycles. The number of nitrogens with zero attached hydrogens (tertiary/aromatic N) is 1. The molecule has 0 aromatic heterocycles. The SMILES string of the molecule is CCCC(N)C(=O)NC(C)C(=O)NC1CCC[N]1. The minimum atomic E-state index is -0.573. The van der Waals surface area contributed by atoms with Gasteiger partial charge in [-0.25, -0.2) is 5.32 Å². The Labute approximate surface area is 108 Å². The summed E-state index contributed by atoms with van der Waals surface area (Å²) < 4.78 is 0. The highest BCUT2D eigenvalue weighted by molar-refractivity contribution is 5.89. The van der Waals surface area contributed by atoms with Crippen LogP contribution >= 0.6 is 0 Å². The molecule has 0 aromatic rings. The van der Waals surface area contributed by atoms with Crippen LogP contribution in [0.1, 0.15) is 39.5 Å². The van der Waals surface area contributed by atoms with Crippen LogP contribution in [0.25, 0.3) is 0 Å². The van der Waals surface area contributed by atoms with E-state index in [1.54, 1.807) is 6.92 Å². The van der Waals surface area contributed by atoms with Crippen molar-refractivity contribution < 1.29 is 9.59 Å². The van der Waals surface area contributed by atoms with Gasteiger partial charge < -0.3 is 16.4 Å². The number of amides is 2. The van der Waals surface area contributed by atoms with Gasteiger partial charge in [-0.05, 0) is 26.2 Å². The summed E-state index contributed by atoms with van der Waals surface area (Å²) in [6.07, 6.45) is 3.25. The Morgan fingerprint density at radius 2 is 2.17 bits per heavy atom. The first-order valence-electron chi connectivity index (χ1n) is 6.57. The van der Waals surface area contributed by atoms with Crippen LogP contribution in [-0.2, 0) is 9.59 Å². The van der Waals surface area contributed by atoms with E-state index >= 15 is 0 Å². The summed E-state index contributed by atoms with van der Waals surface area (Å²) in [5, 5.41) is 9.65. The second-order valence-electron chi connectivity index (χ2n) is 4.70. The molecule has 6 nitrogen and oxygen atoms in total. The molecule has 0 saturated carbocycles. The summed E-state index contributed by atoms with van der Waals surface area (Å²) in [5.74, 6) is -0.481. The monoisotopic (exact) mass is 255 g/mol. The van der Waals surface area contributed by atoms with Crippen molar-refractivity contribution in [2.24, 2.45) is 5.73 Å². The van der Waals surface area contributed by atoms with Crippen LogP contribution in [0.3, 0.4) is 0 Å². The van der Waals surface area contributed by atoms with Crippen LogP contribution in [0.4, 0.5) is 0 Å². The molecule has 0 spiro atoms. The van der Waals surface area contributed by atoms with Crippen LogP contribution in [0.2, 0.25) is 0 Å². The maximum Gasteiger partial charge on any atom is 0.243 e. The average molecular weight is 255 g/mol. The highest BCUT2D eigenvalue weighted by Crippen LogP contribution is 2.04. The van der Waals surface area contributed by atoms with Crippen molar-refractivity contribution in [3.8, 4) is 0 Å².